The Labute approximate surface area is 105 Å². The van der Waals surface area contributed by atoms with Gasteiger partial charge in [-0.3, -0.25) is 20.3 Å². The van der Waals surface area contributed by atoms with Gasteiger partial charge in [0.05, 0.1) is 11.0 Å². The molecule has 7 heteroatoms. The maximum atomic E-state index is 10.5. The minimum Gasteiger partial charge on any atom is -0.484 e. The van der Waals surface area contributed by atoms with E-state index in [1.807, 2.05) is 19.3 Å². The van der Waals surface area contributed by atoms with E-state index in [-0.39, 0.29) is 17.7 Å². The Kier molecular flexibility index (Phi) is 7.06. The fraction of sp³-hybridized carbons (Fsp3) is 0.364. The van der Waals surface area contributed by atoms with Crippen molar-refractivity contribution in [1.29, 1.82) is 0 Å². The molecular formula is C11H17N3O4. The largest absolute Gasteiger partial charge is 0.484 e. The number of para-hydroxylation sites is 2. The molecule has 0 saturated carbocycles. The number of nitro groups is 1. The van der Waals surface area contributed by atoms with Crippen LogP contribution in [0, 0.1) is 10.1 Å². The Hall–Kier alpha value is -2.15. The molecule has 0 spiro atoms. The minimum absolute atomic E-state index is 0.0104. The number of rotatable bonds is 3. The van der Waals surface area contributed by atoms with E-state index in [0.717, 1.165) is 0 Å². The smallest absolute Gasteiger partial charge is 0.310 e. The van der Waals surface area contributed by atoms with Crippen LogP contribution >= 0.6 is 0 Å². The molecule has 0 radical (unpaired) electrons. The number of amides is 1. The van der Waals surface area contributed by atoms with Gasteiger partial charge in [-0.1, -0.05) is 12.1 Å². The molecule has 0 heterocycles. The second kappa shape index (κ2) is 8.02. The zero-order valence-electron chi connectivity index (χ0n) is 10.5. The summed E-state index contributed by atoms with van der Waals surface area (Å²) in [5, 5.41) is 10.5. The third kappa shape index (κ3) is 6.44. The van der Waals surface area contributed by atoms with Gasteiger partial charge in [-0.25, -0.2) is 5.84 Å². The first-order valence-electron chi connectivity index (χ1n) is 5.25. The maximum Gasteiger partial charge on any atom is 0.310 e. The summed E-state index contributed by atoms with van der Waals surface area (Å²) in [4.78, 5) is 19.7. The number of hydrogen-bond acceptors (Lipinski definition) is 5. The topological polar surface area (TPSA) is 107 Å². The lowest BCUT2D eigenvalue weighted by atomic mass is 10.3. The van der Waals surface area contributed by atoms with Crippen LogP contribution in [0.5, 0.6) is 5.75 Å². The SMILES string of the molecule is CC(=O)NN.CC(C)Oc1ccccc1[N+](=O)[O-]. The Balaban J connectivity index is 0.000000494. The maximum absolute atomic E-state index is 10.5. The van der Waals surface area contributed by atoms with Gasteiger partial charge in [-0.05, 0) is 19.9 Å². The van der Waals surface area contributed by atoms with Crippen LogP contribution in [-0.4, -0.2) is 16.9 Å². The average Bonchev–Trinajstić information content (AvgIpc) is 2.29. The number of nitro benzene ring substituents is 1. The molecule has 0 fully saturated rings. The summed E-state index contributed by atoms with van der Waals surface area (Å²) < 4.78 is 5.26. The predicted octanol–water partition coefficient (Wildman–Crippen LogP) is 1.38. The van der Waals surface area contributed by atoms with Crippen molar-refractivity contribution < 1.29 is 14.5 Å². The highest BCUT2D eigenvalue weighted by molar-refractivity contribution is 5.71. The molecule has 0 saturated heterocycles. The lowest BCUT2D eigenvalue weighted by Gasteiger charge is -2.08. The number of carbonyl (C=O) groups is 1. The number of benzene rings is 1. The van der Waals surface area contributed by atoms with Crippen LogP contribution in [0.1, 0.15) is 20.8 Å². The predicted molar refractivity (Wildman–Crippen MR) is 66.9 cm³/mol. The molecule has 18 heavy (non-hydrogen) atoms. The van der Waals surface area contributed by atoms with Crippen molar-refractivity contribution in [2.75, 3.05) is 0 Å². The van der Waals surface area contributed by atoms with E-state index in [9.17, 15) is 14.9 Å². The van der Waals surface area contributed by atoms with Crippen LogP contribution in [0.15, 0.2) is 24.3 Å². The van der Waals surface area contributed by atoms with Crippen molar-refractivity contribution in [1.82, 2.24) is 5.43 Å². The van der Waals surface area contributed by atoms with Crippen LogP contribution in [0.4, 0.5) is 5.69 Å². The molecule has 0 aliphatic carbocycles. The molecule has 7 nitrogen and oxygen atoms in total. The molecule has 1 rings (SSSR count). The fourth-order valence-corrected chi connectivity index (χ4v) is 0.962. The highest BCUT2D eigenvalue weighted by Gasteiger charge is 2.13. The minimum atomic E-state index is -0.447. The van der Waals surface area contributed by atoms with Crippen molar-refractivity contribution in [3.05, 3.63) is 34.4 Å². The highest BCUT2D eigenvalue weighted by Crippen LogP contribution is 2.26. The van der Waals surface area contributed by atoms with Gasteiger partial charge in [-0.2, -0.15) is 0 Å². The summed E-state index contributed by atoms with van der Waals surface area (Å²) in [5.74, 6) is 4.68. The second-order valence-electron chi connectivity index (χ2n) is 3.59. The lowest BCUT2D eigenvalue weighted by Crippen LogP contribution is -2.26. The molecule has 1 amide bonds. The molecule has 1 aromatic rings. The molecule has 0 aliphatic heterocycles. The standard InChI is InChI=1S/C9H11NO3.C2H6N2O/c1-7(2)13-9-6-4-3-5-8(9)10(11)12;1-2(5)4-3/h3-7H,1-2H3;3H2,1H3,(H,4,5). The Morgan fingerprint density at radius 1 is 1.44 bits per heavy atom. The Bertz CT molecular complexity index is 407. The molecule has 100 valence electrons. The van der Waals surface area contributed by atoms with Crippen molar-refractivity contribution in [2.45, 2.75) is 26.9 Å². The van der Waals surface area contributed by atoms with Gasteiger partial charge in [0.1, 0.15) is 0 Å². The first-order chi connectivity index (χ1) is 8.38. The van der Waals surface area contributed by atoms with E-state index in [1.54, 1.807) is 18.2 Å². The number of nitrogens with two attached hydrogens (primary N) is 1. The van der Waals surface area contributed by atoms with Crippen molar-refractivity contribution >= 4 is 11.6 Å². The quantitative estimate of drug-likeness (QED) is 0.367. The first kappa shape index (κ1) is 15.9. The van der Waals surface area contributed by atoms with Gasteiger partial charge >= 0.3 is 5.69 Å². The molecule has 0 atom stereocenters. The molecule has 1 aromatic carbocycles. The van der Waals surface area contributed by atoms with Gasteiger partial charge in [0.2, 0.25) is 5.91 Å². The lowest BCUT2D eigenvalue weighted by molar-refractivity contribution is -0.386. The summed E-state index contributed by atoms with van der Waals surface area (Å²) in [5.41, 5.74) is 1.90. The highest BCUT2D eigenvalue weighted by atomic mass is 16.6. The molecule has 0 aliphatic rings. The van der Waals surface area contributed by atoms with E-state index < -0.39 is 4.92 Å². The second-order valence-corrected chi connectivity index (χ2v) is 3.59. The zero-order chi connectivity index (χ0) is 14.1. The van der Waals surface area contributed by atoms with Crippen LogP contribution < -0.4 is 16.0 Å². The number of hydrogen-bond donors (Lipinski definition) is 2. The molecule has 0 aromatic heterocycles. The van der Waals surface area contributed by atoms with Gasteiger partial charge in [0.15, 0.2) is 5.75 Å². The van der Waals surface area contributed by atoms with E-state index in [4.69, 9.17) is 4.74 Å². The zero-order valence-corrected chi connectivity index (χ0v) is 10.5. The number of hydrazine groups is 1. The summed E-state index contributed by atoms with van der Waals surface area (Å²) in [6, 6.07) is 6.35. The Morgan fingerprint density at radius 3 is 2.33 bits per heavy atom. The van der Waals surface area contributed by atoms with Crippen molar-refractivity contribution in [3.8, 4) is 5.75 Å². The number of ether oxygens (including phenoxy) is 1. The number of carbonyl (C=O) groups excluding carboxylic acids is 1. The van der Waals surface area contributed by atoms with E-state index in [1.165, 1.54) is 13.0 Å². The molecular weight excluding hydrogens is 238 g/mol. The summed E-state index contributed by atoms with van der Waals surface area (Å²) in [6.07, 6.45) is -0.0545. The third-order valence-corrected chi connectivity index (χ3v) is 1.63. The monoisotopic (exact) mass is 255 g/mol. The van der Waals surface area contributed by atoms with E-state index in [0.29, 0.717) is 5.75 Å². The Morgan fingerprint density at radius 2 is 1.94 bits per heavy atom. The van der Waals surface area contributed by atoms with Gasteiger partial charge < -0.3 is 4.74 Å². The van der Waals surface area contributed by atoms with Gasteiger partial charge in [0.25, 0.3) is 0 Å². The summed E-state index contributed by atoms with van der Waals surface area (Å²) in [6.45, 7) is 5.01. The van der Waals surface area contributed by atoms with E-state index >= 15 is 0 Å². The van der Waals surface area contributed by atoms with Gasteiger partial charge in [0, 0.05) is 13.0 Å². The van der Waals surface area contributed by atoms with E-state index in [2.05, 4.69) is 5.84 Å². The summed E-state index contributed by atoms with van der Waals surface area (Å²) >= 11 is 0. The van der Waals surface area contributed by atoms with Crippen molar-refractivity contribution in [2.24, 2.45) is 5.84 Å². The normalized spacial score (nSPS) is 9.17. The third-order valence-electron chi connectivity index (χ3n) is 1.63. The van der Waals surface area contributed by atoms with Crippen molar-refractivity contribution in [3.63, 3.8) is 0 Å². The van der Waals surface area contributed by atoms with Crippen LogP contribution in [-0.2, 0) is 4.79 Å². The fourth-order valence-electron chi connectivity index (χ4n) is 0.962. The summed E-state index contributed by atoms with van der Waals surface area (Å²) in [7, 11) is 0. The van der Waals surface area contributed by atoms with Crippen LogP contribution in [0.25, 0.3) is 0 Å². The molecule has 3 N–H and O–H groups in total. The van der Waals surface area contributed by atoms with Gasteiger partial charge in [-0.15, -0.1) is 0 Å². The first-order valence-corrected chi connectivity index (χ1v) is 5.25. The molecule has 0 bridgehead atoms. The number of nitrogens with zero attached hydrogens (tertiary/aromatic N) is 1. The van der Waals surface area contributed by atoms with Crippen LogP contribution in [0.2, 0.25) is 0 Å². The van der Waals surface area contributed by atoms with Crippen LogP contribution in [0.3, 0.4) is 0 Å². The number of nitrogens with one attached hydrogen (secondary N) is 1. The molecule has 0 unspecified atom stereocenters. The average molecular weight is 255 g/mol.